The van der Waals surface area contributed by atoms with E-state index in [2.05, 4.69) is 16.9 Å². The lowest BCUT2D eigenvalue weighted by Gasteiger charge is -2.08. The predicted molar refractivity (Wildman–Crippen MR) is 91.4 cm³/mol. The lowest BCUT2D eigenvalue weighted by Crippen LogP contribution is -2.03. The molecule has 0 bridgehead atoms. The topological polar surface area (TPSA) is 35.0 Å². The van der Waals surface area contributed by atoms with Crippen molar-refractivity contribution in [2.75, 3.05) is 6.61 Å². The lowest BCUT2D eigenvalue weighted by molar-refractivity contribution is 0.263. The number of benzene rings is 1. The Labute approximate surface area is 137 Å². The number of halogens is 1. The molecule has 0 fully saturated rings. The molecule has 2 rings (SSSR count). The van der Waals surface area contributed by atoms with Crippen LogP contribution in [0, 0.1) is 6.92 Å². The van der Waals surface area contributed by atoms with Gasteiger partial charge in [0.2, 0.25) is 0 Å². The average Bonchev–Trinajstić information content (AvgIpc) is 2.56. The molecular formula is C19H25FN2O. The SMILES string of the molecule is CCC[C@@H](F)CCCCOc1cnc(-c2ccc(C)cc2)nc1. The summed E-state index contributed by atoms with van der Waals surface area (Å²) in [6, 6.07) is 8.10. The Bertz CT molecular complexity index is 569. The number of ether oxygens (including phenoxy) is 1. The van der Waals surface area contributed by atoms with Crippen molar-refractivity contribution in [3.63, 3.8) is 0 Å². The number of rotatable bonds is 9. The zero-order chi connectivity index (χ0) is 16.5. The molecular weight excluding hydrogens is 291 g/mol. The summed E-state index contributed by atoms with van der Waals surface area (Å²) in [7, 11) is 0. The lowest BCUT2D eigenvalue weighted by atomic mass is 10.1. The molecule has 23 heavy (non-hydrogen) atoms. The van der Waals surface area contributed by atoms with Gasteiger partial charge in [-0.2, -0.15) is 0 Å². The maximum Gasteiger partial charge on any atom is 0.159 e. The average molecular weight is 316 g/mol. The summed E-state index contributed by atoms with van der Waals surface area (Å²) in [5.41, 5.74) is 2.20. The van der Waals surface area contributed by atoms with E-state index in [0.29, 0.717) is 31.0 Å². The molecule has 0 N–H and O–H groups in total. The summed E-state index contributed by atoms with van der Waals surface area (Å²) in [6.45, 7) is 4.64. The van der Waals surface area contributed by atoms with E-state index in [-0.39, 0.29) is 0 Å². The van der Waals surface area contributed by atoms with E-state index in [1.54, 1.807) is 12.4 Å². The molecule has 0 spiro atoms. The second-order valence-electron chi connectivity index (χ2n) is 5.84. The summed E-state index contributed by atoms with van der Waals surface area (Å²) in [6.07, 6.45) is 6.61. The molecule has 3 nitrogen and oxygen atoms in total. The summed E-state index contributed by atoms with van der Waals surface area (Å²) in [4.78, 5) is 8.67. The second-order valence-corrected chi connectivity index (χ2v) is 5.84. The summed E-state index contributed by atoms with van der Waals surface area (Å²) in [5.74, 6) is 1.35. The zero-order valence-corrected chi connectivity index (χ0v) is 14.0. The van der Waals surface area contributed by atoms with Gasteiger partial charge in [0.05, 0.1) is 19.0 Å². The molecule has 0 radical (unpaired) electrons. The molecule has 0 saturated carbocycles. The van der Waals surface area contributed by atoms with Gasteiger partial charge in [-0.05, 0) is 32.6 Å². The van der Waals surface area contributed by atoms with Crippen LogP contribution in [0.2, 0.25) is 0 Å². The van der Waals surface area contributed by atoms with E-state index in [9.17, 15) is 4.39 Å². The van der Waals surface area contributed by atoms with Crippen LogP contribution in [0.3, 0.4) is 0 Å². The molecule has 0 saturated heterocycles. The minimum atomic E-state index is -0.669. The van der Waals surface area contributed by atoms with Gasteiger partial charge < -0.3 is 4.74 Å². The van der Waals surface area contributed by atoms with Crippen molar-refractivity contribution in [2.24, 2.45) is 0 Å². The number of aromatic nitrogens is 2. The van der Waals surface area contributed by atoms with Crippen LogP contribution < -0.4 is 4.74 Å². The van der Waals surface area contributed by atoms with Crippen LogP contribution >= 0.6 is 0 Å². The Morgan fingerprint density at radius 3 is 2.39 bits per heavy atom. The minimum Gasteiger partial charge on any atom is -0.490 e. The molecule has 2 aromatic rings. The van der Waals surface area contributed by atoms with Crippen molar-refractivity contribution in [2.45, 2.75) is 52.1 Å². The Morgan fingerprint density at radius 2 is 1.74 bits per heavy atom. The second kappa shape index (κ2) is 9.23. The Morgan fingerprint density at radius 1 is 1.04 bits per heavy atom. The van der Waals surface area contributed by atoms with Gasteiger partial charge in [0.1, 0.15) is 6.17 Å². The first kappa shape index (κ1) is 17.4. The Hall–Kier alpha value is -1.97. The monoisotopic (exact) mass is 316 g/mol. The standard InChI is InChI=1S/C19H25FN2O/c1-3-6-17(20)7-4-5-12-23-18-13-21-19(22-14-18)16-10-8-15(2)9-11-16/h8-11,13-14,17H,3-7,12H2,1-2H3/t17-/m1/s1. The van der Waals surface area contributed by atoms with E-state index in [4.69, 9.17) is 4.74 Å². The first-order chi connectivity index (χ1) is 11.2. The van der Waals surface area contributed by atoms with E-state index in [0.717, 1.165) is 24.8 Å². The molecule has 0 aliphatic heterocycles. The molecule has 0 unspecified atom stereocenters. The zero-order valence-electron chi connectivity index (χ0n) is 14.0. The van der Waals surface area contributed by atoms with Crippen LogP contribution in [-0.2, 0) is 0 Å². The molecule has 1 heterocycles. The van der Waals surface area contributed by atoms with Gasteiger partial charge in [0.25, 0.3) is 0 Å². The molecule has 1 aromatic carbocycles. The van der Waals surface area contributed by atoms with Crippen molar-refractivity contribution >= 4 is 0 Å². The van der Waals surface area contributed by atoms with Crippen molar-refractivity contribution < 1.29 is 9.13 Å². The summed E-state index contributed by atoms with van der Waals surface area (Å²) >= 11 is 0. The number of hydrogen-bond acceptors (Lipinski definition) is 3. The Kier molecular flexibility index (Phi) is 6.98. The summed E-state index contributed by atoms with van der Waals surface area (Å²) < 4.78 is 18.9. The molecule has 1 aromatic heterocycles. The third kappa shape index (κ3) is 5.97. The maximum absolute atomic E-state index is 13.3. The Balaban J connectivity index is 1.74. The smallest absolute Gasteiger partial charge is 0.159 e. The van der Waals surface area contributed by atoms with E-state index >= 15 is 0 Å². The van der Waals surface area contributed by atoms with Crippen molar-refractivity contribution in [1.82, 2.24) is 9.97 Å². The number of hydrogen-bond donors (Lipinski definition) is 0. The van der Waals surface area contributed by atoms with Gasteiger partial charge in [0.15, 0.2) is 11.6 Å². The normalized spacial score (nSPS) is 12.1. The number of nitrogens with zero attached hydrogens (tertiary/aromatic N) is 2. The molecule has 4 heteroatoms. The number of aryl methyl sites for hydroxylation is 1. The fourth-order valence-corrected chi connectivity index (χ4v) is 2.36. The van der Waals surface area contributed by atoms with Gasteiger partial charge in [-0.3, -0.25) is 0 Å². The van der Waals surface area contributed by atoms with E-state index in [1.165, 1.54) is 5.56 Å². The van der Waals surface area contributed by atoms with Crippen LogP contribution in [-0.4, -0.2) is 22.7 Å². The van der Waals surface area contributed by atoms with Crippen molar-refractivity contribution in [3.05, 3.63) is 42.2 Å². The van der Waals surface area contributed by atoms with Crippen LogP contribution in [0.1, 0.15) is 44.6 Å². The van der Waals surface area contributed by atoms with Gasteiger partial charge in [-0.25, -0.2) is 14.4 Å². The highest BCUT2D eigenvalue weighted by molar-refractivity contribution is 5.55. The van der Waals surface area contributed by atoms with Crippen molar-refractivity contribution in [1.29, 1.82) is 0 Å². The first-order valence-corrected chi connectivity index (χ1v) is 8.35. The van der Waals surface area contributed by atoms with Crippen LogP contribution in [0.15, 0.2) is 36.7 Å². The molecule has 0 amide bonds. The molecule has 0 aliphatic carbocycles. The van der Waals surface area contributed by atoms with E-state index in [1.807, 2.05) is 31.2 Å². The highest BCUT2D eigenvalue weighted by Gasteiger charge is 2.05. The third-order valence-electron chi connectivity index (χ3n) is 3.72. The first-order valence-electron chi connectivity index (χ1n) is 8.35. The maximum atomic E-state index is 13.3. The van der Waals surface area contributed by atoms with Crippen LogP contribution in [0.5, 0.6) is 5.75 Å². The number of alkyl halides is 1. The van der Waals surface area contributed by atoms with Gasteiger partial charge in [0, 0.05) is 5.56 Å². The largest absolute Gasteiger partial charge is 0.490 e. The van der Waals surface area contributed by atoms with Crippen LogP contribution in [0.25, 0.3) is 11.4 Å². The summed E-state index contributed by atoms with van der Waals surface area (Å²) in [5, 5.41) is 0. The van der Waals surface area contributed by atoms with E-state index < -0.39 is 6.17 Å². The van der Waals surface area contributed by atoms with Gasteiger partial charge in [-0.15, -0.1) is 0 Å². The highest BCUT2D eigenvalue weighted by Crippen LogP contribution is 2.17. The van der Waals surface area contributed by atoms with Gasteiger partial charge >= 0.3 is 0 Å². The molecule has 124 valence electrons. The predicted octanol–water partition coefficient (Wildman–Crippen LogP) is 5.14. The molecule has 0 aliphatic rings. The van der Waals surface area contributed by atoms with Crippen LogP contribution in [0.4, 0.5) is 4.39 Å². The molecule has 1 atom stereocenters. The minimum absolute atomic E-state index is 0.575. The highest BCUT2D eigenvalue weighted by atomic mass is 19.1. The number of unbranched alkanes of at least 4 members (excludes halogenated alkanes) is 1. The quantitative estimate of drug-likeness (QED) is 0.601. The van der Waals surface area contributed by atoms with Gasteiger partial charge in [-0.1, -0.05) is 43.2 Å². The fraction of sp³-hybridized carbons (Fsp3) is 0.474. The van der Waals surface area contributed by atoms with Crippen molar-refractivity contribution in [3.8, 4) is 17.1 Å². The fourth-order valence-electron chi connectivity index (χ4n) is 2.36. The third-order valence-corrected chi connectivity index (χ3v) is 3.72.